The van der Waals surface area contributed by atoms with E-state index in [0.29, 0.717) is 0 Å². The number of carbonyl (C=O) groups is 4. The van der Waals surface area contributed by atoms with Crippen molar-refractivity contribution in [1.29, 1.82) is 0 Å². The molecule has 0 aliphatic carbocycles. The summed E-state index contributed by atoms with van der Waals surface area (Å²) in [6, 6.07) is 0. The maximum atomic E-state index is 10.0. The topological polar surface area (TPSA) is 161 Å². The summed E-state index contributed by atoms with van der Waals surface area (Å²) < 4.78 is 0. The minimum atomic E-state index is -0.913. The van der Waals surface area contributed by atoms with Gasteiger partial charge in [-0.3, -0.25) is 0 Å². The maximum absolute atomic E-state index is 10.0. The normalized spacial score (nSPS) is 9.31. The SMILES string of the molecule is CCCCCCCCCC(=O)[O-].CCCCCCCCCC(=O)[O-].CCCCCCCCCC(=O)[O-].CCCCCCCCCC(=O)[O-].[Cu+].[Cu+].[Cu+].[Cu+]. The molecular formula is C40H76Cu4O8. The number of aliphatic carboxylic acids is 4. The third-order valence-electron chi connectivity index (χ3n) is 7.94. The maximum Gasteiger partial charge on any atom is 1.00 e. The van der Waals surface area contributed by atoms with Crippen LogP contribution in [-0.4, -0.2) is 23.9 Å². The summed E-state index contributed by atoms with van der Waals surface area (Å²) >= 11 is 0. The Balaban J connectivity index is -0.0000000807. The van der Waals surface area contributed by atoms with E-state index in [-0.39, 0.29) is 94.0 Å². The number of hydrogen-bond acceptors (Lipinski definition) is 8. The van der Waals surface area contributed by atoms with Gasteiger partial charge in [0.1, 0.15) is 0 Å². The van der Waals surface area contributed by atoms with Crippen molar-refractivity contribution in [2.75, 3.05) is 0 Å². The standard InChI is InChI=1S/4C10H20O2.4Cu/c4*1-2-3-4-5-6-7-8-9-10(11)12;;;;/h4*2-9H2,1H3,(H,11,12);;;;/q;;;;4*+1/p-4. The van der Waals surface area contributed by atoms with Gasteiger partial charge < -0.3 is 39.6 Å². The molecule has 0 amide bonds. The van der Waals surface area contributed by atoms with Crippen LogP contribution < -0.4 is 20.4 Å². The molecule has 0 atom stereocenters. The van der Waals surface area contributed by atoms with E-state index in [1.54, 1.807) is 0 Å². The van der Waals surface area contributed by atoms with Crippen LogP contribution in [0.1, 0.15) is 233 Å². The average Bonchev–Trinajstić information content (AvgIpc) is 3.03. The molecule has 0 unspecified atom stereocenters. The van der Waals surface area contributed by atoms with Crippen molar-refractivity contribution in [2.45, 2.75) is 233 Å². The molecule has 0 spiro atoms. The molecule has 0 rings (SSSR count). The Morgan fingerprint density at radius 2 is 0.365 bits per heavy atom. The molecule has 8 nitrogen and oxygen atoms in total. The van der Waals surface area contributed by atoms with Crippen LogP contribution in [0.15, 0.2) is 0 Å². The van der Waals surface area contributed by atoms with Gasteiger partial charge in [0.15, 0.2) is 0 Å². The van der Waals surface area contributed by atoms with Gasteiger partial charge in [-0.1, -0.05) is 182 Å². The molecule has 0 radical (unpaired) electrons. The molecule has 52 heavy (non-hydrogen) atoms. The van der Waals surface area contributed by atoms with E-state index in [0.717, 1.165) is 51.4 Å². The second kappa shape index (κ2) is 65.8. The van der Waals surface area contributed by atoms with Crippen LogP contribution in [0.5, 0.6) is 0 Å². The molecule has 0 saturated carbocycles. The van der Waals surface area contributed by atoms with Crippen molar-refractivity contribution in [3.05, 3.63) is 0 Å². The molecule has 0 aromatic rings. The first-order valence-electron chi connectivity index (χ1n) is 19.9. The van der Waals surface area contributed by atoms with E-state index in [4.69, 9.17) is 0 Å². The van der Waals surface area contributed by atoms with Crippen molar-refractivity contribution >= 4 is 23.9 Å². The summed E-state index contributed by atoms with van der Waals surface area (Å²) in [5.41, 5.74) is 0. The fourth-order valence-electron chi connectivity index (χ4n) is 4.91. The van der Waals surface area contributed by atoms with Crippen molar-refractivity contribution in [3.63, 3.8) is 0 Å². The van der Waals surface area contributed by atoms with Crippen LogP contribution in [-0.2, 0) is 87.5 Å². The summed E-state index contributed by atoms with van der Waals surface area (Å²) in [5, 5.41) is 40.1. The molecule has 0 fully saturated rings. The largest absolute Gasteiger partial charge is 1.00 e. The first-order chi connectivity index (χ1) is 23.1. The van der Waals surface area contributed by atoms with Gasteiger partial charge in [-0.2, -0.15) is 0 Å². The predicted molar refractivity (Wildman–Crippen MR) is 190 cm³/mol. The van der Waals surface area contributed by atoms with Crippen LogP contribution >= 0.6 is 0 Å². The smallest absolute Gasteiger partial charge is 0.550 e. The monoisotopic (exact) mass is 936 g/mol. The number of rotatable bonds is 32. The van der Waals surface area contributed by atoms with Gasteiger partial charge >= 0.3 is 68.3 Å². The third-order valence-corrected chi connectivity index (χ3v) is 7.94. The summed E-state index contributed by atoms with van der Waals surface area (Å²) in [4.78, 5) is 40.1. The molecular weight excluding hydrogens is 863 g/mol. The molecule has 0 bridgehead atoms. The van der Waals surface area contributed by atoms with Crippen LogP contribution in [0.2, 0.25) is 0 Å². The van der Waals surface area contributed by atoms with Crippen molar-refractivity contribution in [1.82, 2.24) is 0 Å². The molecule has 0 aliphatic heterocycles. The van der Waals surface area contributed by atoms with Gasteiger partial charge in [-0.25, -0.2) is 0 Å². The molecule has 12 heteroatoms. The van der Waals surface area contributed by atoms with Gasteiger partial charge in [-0.15, -0.1) is 0 Å². The molecule has 0 aromatic heterocycles. The fourth-order valence-corrected chi connectivity index (χ4v) is 4.91. The predicted octanol–water partition coefficient (Wildman–Crippen LogP) is 7.50. The Labute approximate surface area is 362 Å². The number of carboxylic acid groups (broad SMARTS) is 4. The molecule has 0 aromatic carbocycles. The Morgan fingerprint density at radius 1 is 0.250 bits per heavy atom. The Morgan fingerprint density at radius 3 is 0.481 bits per heavy atom. The second-order valence-electron chi connectivity index (χ2n) is 13.0. The van der Waals surface area contributed by atoms with Gasteiger partial charge in [0.05, 0.1) is 0 Å². The Bertz CT molecular complexity index is 574. The van der Waals surface area contributed by atoms with E-state index in [1.807, 2.05) is 0 Å². The van der Waals surface area contributed by atoms with Gasteiger partial charge in [-0.05, 0) is 51.4 Å². The van der Waals surface area contributed by atoms with Crippen molar-refractivity contribution < 1.29 is 108 Å². The van der Waals surface area contributed by atoms with E-state index in [9.17, 15) is 39.6 Å². The molecule has 0 heterocycles. The average molecular weight is 939 g/mol. The molecule has 0 saturated heterocycles. The molecule has 328 valence electrons. The third kappa shape index (κ3) is 92.6. The quantitative estimate of drug-likeness (QED) is 0.0495. The zero-order valence-corrected chi connectivity index (χ0v) is 36.9. The number of carbonyl (C=O) groups excluding carboxylic acids is 4. The van der Waals surface area contributed by atoms with E-state index < -0.39 is 23.9 Å². The molecule has 0 N–H and O–H groups in total. The van der Waals surface area contributed by atoms with Crippen LogP contribution in [0, 0.1) is 0 Å². The minimum absolute atomic E-state index is 0. The zero-order valence-electron chi connectivity index (χ0n) is 33.1. The number of carboxylic acids is 4. The van der Waals surface area contributed by atoms with Crippen LogP contribution in [0.25, 0.3) is 0 Å². The van der Waals surface area contributed by atoms with E-state index in [2.05, 4.69) is 27.7 Å². The van der Waals surface area contributed by atoms with Gasteiger partial charge in [0.25, 0.3) is 0 Å². The van der Waals surface area contributed by atoms with Gasteiger partial charge in [0.2, 0.25) is 0 Å². The van der Waals surface area contributed by atoms with Crippen molar-refractivity contribution in [3.8, 4) is 0 Å². The second-order valence-corrected chi connectivity index (χ2v) is 13.0. The Kier molecular flexibility index (Phi) is 88.4. The molecule has 0 aliphatic rings. The van der Waals surface area contributed by atoms with E-state index >= 15 is 0 Å². The van der Waals surface area contributed by atoms with Crippen molar-refractivity contribution in [2.24, 2.45) is 0 Å². The van der Waals surface area contributed by atoms with Crippen LogP contribution in [0.4, 0.5) is 0 Å². The first-order valence-corrected chi connectivity index (χ1v) is 19.9. The summed E-state index contributed by atoms with van der Waals surface area (Å²) in [6.45, 7) is 8.76. The summed E-state index contributed by atoms with van der Waals surface area (Å²) in [7, 11) is 0. The zero-order chi connectivity index (χ0) is 36.9. The first kappa shape index (κ1) is 69.8. The summed E-state index contributed by atoms with van der Waals surface area (Å²) in [6.07, 6.45) is 33.4. The van der Waals surface area contributed by atoms with Gasteiger partial charge in [0, 0.05) is 23.9 Å². The minimum Gasteiger partial charge on any atom is -0.550 e. The number of hydrogen-bond donors (Lipinski definition) is 0. The van der Waals surface area contributed by atoms with Crippen LogP contribution in [0.3, 0.4) is 0 Å². The summed E-state index contributed by atoms with van der Waals surface area (Å²) in [5.74, 6) is -3.65. The van der Waals surface area contributed by atoms with E-state index in [1.165, 1.54) is 128 Å². The Hall–Kier alpha value is -0.0421. The fraction of sp³-hybridized carbons (Fsp3) is 0.900. The number of unbranched alkanes of at least 4 members (excludes halogenated alkanes) is 24.